The van der Waals surface area contributed by atoms with Crippen molar-refractivity contribution in [3.63, 3.8) is 0 Å². The summed E-state index contributed by atoms with van der Waals surface area (Å²) in [5.74, 6) is 1.02. The molecule has 18 heavy (non-hydrogen) atoms. The molecule has 0 spiro atoms. The van der Waals surface area contributed by atoms with Gasteiger partial charge in [-0.2, -0.15) is 0 Å². The fourth-order valence-corrected chi connectivity index (χ4v) is 14.3. The third kappa shape index (κ3) is 3.12. The molecule has 0 N–H and O–H groups in total. The van der Waals surface area contributed by atoms with Crippen LogP contribution in [0.25, 0.3) is 0 Å². The smallest absolute Gasteiger partial charge is 0.0564 e. The Morgan fingerprint density at radius 3 is 2.00 bits per heavy atom. The molecule has 3 heteroatoms. The van der Waals surface area contributed by atoms with Crippen LogP contribution in [0.2, 0.25) is 32.7 Å². The van der Waals surface area contributed by atoms with Gasteiger partial charge in [0.25, 0.3) is 0 Å². The van der Waals surface area contributed by atoms with Gasteiger partial charge in [0.2, 0.25) is 0 Å². The molecule has 1 aliphatic rings. The first-order chi connectivity index (χ1) is 8.32. The average Bonchev–Trinajstić information content (AvgIpc) is 3.09. The van der Waals surface area contributed by atoms with E-state index in [-0.39, 0.29) is 0 Å². The maximum Gasteiger partial charge on any atom is 0.0564 e. The molecule has 1 aliphatic carbocycles. The van der Waals surface area contributed by atoms with Gasteiger partial charge in [-0.1, -0.05) is 50.9 Å². The maximum atomic E-state index is 2.65. The van der Waals surface area contributed by atoms with Crippen molar-refractivity contribution in [2.24, 2.45) is 5.92 Å². The van der Waals surface area contributed by atoms with Crippen molar-refractivity contribution >= 4 is 26.9 Å². The predicted octanol–water partition coefficient (Wildman–Crippen LogP) is 5.22. The molecule has 0 bridgehead atoms. The third-order valence-corrected chi connectivity index (χ3v) is 26.9. The molecule has 0 heterocycles. The van der Waals surface area contributed by atoms with Crippen molar-refractivity contribution in [3.8, 4) is 0 Å². The first-order valence-electron chi connectivity index (χ1n) is 7.04. The Bertz CT molecular complexity index is 391. The highest BCUT2D eigenvalue weighted by Gasteiger charge is 2.49. The fraction of sp³-hybridized carbons (Fsp3) is 0.600. The number of hydrogen-bond donors (Lipinski definition) is 0. The molecule has 0 radical (unpaired) electrons. The Hall–Kier alpha value is 0.00377. The van der Waals surface area contributed by atoms with E-state index < -0.39 is 15.2 Å². The molecule has 0 nitrogen and oxygen atoms in total. The zero-order valence-corrected chi connectivity index (χ0v) is 15.2. The van der Waals surface area contributed by atoms with E-state index in [9.17, 15) is 0 Å². The summed E-state index contributed by atoms with van der Waals surface area (Å²) in [4.78, 5) is 2.42. The standard InChI is InChI=1S/C15H26SSi2/c1-17(2,3)18(4,5)15(13-11-12-13)16-14-9-7-6-8-10-14/h6-10,13,15H,11-12H2,1-5H3. The van der Waals surface area contributed by atoms with E-state index in [0.717, 1.165) is 10.8 Å². The van der Waals surface area contributed by atoms with Gasteiger partial charge in [0, 0.05) is 17.4 Å². The second kappa shape index (κ2) is 5.18. The summed E-state index contributed by atoms with van der Waals surface area (Å²) in [6.45, 7) is 13.1. The maximum absolute atomic E-state index is 2.65. The van der Waals surface area contributed by atoms with Crippen LogP contribution in [0.4, 0.5) is 0 Å². The van der Waals surface area contributed by atoms with Crippen molar-refractivity contribution in [2.45, 2.75) is 55.3 Å². The van der Waals surface area contributed by atoms with Crippen molar-refractivity contribution in [1.82, 2.24) is 0 Å². The van der Waals surface area contributed by atoms with Gasteiger partial charge in [-0.25, -0.2) is 0 Å². The summed E-state index contributed by atoms with van der Waals surface area (Å²) in [5, 5.41) is 0. The molecule has 1 atom stereocenters. The highest BCUT2D eigenvalue weighted by Crippen LogP contribution is 2.47. The van der Waals surface area contributed by atoms with Gasteiger partial charge >= 0.3 is 0 Å². The molecule has 0 saturated heterocycles. The molecule has 0 amide bonds. The predicted molar refractivity (Wildman–Crippen MR) is 89.6 cm³/mol. The average molecular weight is 295 g/mol. The molecule has 0 aliphatic heterocycles. The quantitative estimate of drug-likeness (QED) is 0.530. The fourth-order valence-electron chi connectivity index (χ4n) is 2.30. The molecule has 1 unspecified atom stereocenters. The Morgan fingerprint density at radius 1 is 1.00 bits per heavy atom. The van der Waals surface area contributed by atoms with E-state index in [1.807, 2.05) is 0 Å². The first-order valence-corrected chi connectivity index (χ1v) is 15.5. The van der Waals surface area contributed by atoms with Crippen LogP contribution >= 0.6 is 11.8 Å². The Kier molecular flexibility index (Phi) is 4.15. The van der Waals surface area contributed by atoms with Gasteiger partial charge in [-0.15, -0.1) is 11.8 Å². The molecule has 0 aromatic heterocycles. The van der Waals surface area contributed by atoms with E-state index in [1.54, 1.807) is 0 Å². The van der Waals surface area contributed by atoms with Crippen LogP contribution in [-0.2, 0) is 0 Å². The zero-order valence-electron chi connectivity index (χ0n) is 12.4. The van der Waals surface area contributed by atoms with Crippen LogP contribution in [-0.4, -0.2) is 20.1 Å². The van der Waals surface area contributed by atoms with Gasteiger partial charge in [-0.05, 0) is 30.9 Å². The van der Waals surface area contributed by atoms with Crippen LogP contribution in [0.5, 0.6) is 0 Å². The Labute approximate surface area is 118 Å². The van der Waals surface area contributed by atoms with E-state index in [4.69, 9.17) is 0 Å². The summed E-state index contributed by atoms with van der Waals surface area (Å²) in [7, 11) is -2.12. The van der Waals surface area contributed by atoms with Gasteiger partial charge in [0.05, 0.1) is 7.59 Å². The molecule has 100 valence electrons. The molecule has 2 rings (SSSR count). The number of thioether (sulfide) groups is 1. The van der Waals surface area contributed by atoms with Gasteiger partial charge in [0.1, 0.15) is 0 Å². The lowest BCUT2D eigenvalue weighted by Crippen LogP contribution is -2.60. The van der Waals surface area contributed by atoms with Crippen molar-refractivity contribution in [2.75, 3.05) is 0 Å². The van der Waals surface area contributed by atoms with Gasteiger partial charge in [0.15, 0.2) is 0 Å². The minimum atomic E-state index is -1.12. The normalized spacial score (nSPS) is 18.7. The lowest BCUT2D eigenvalue weighted by molar-refractivity contribution is 0.918. The highest BCUT2D eigenvalue weighted by molar-refractivity contribution is 8.02. The van der Waals surface area contributed by atoms with E-state index >= 15 is 0 Å². The molecule has 1 fully saturated rings. The molecule has 1 aromatic carbocycles. The summed E-state index contributed by atoms with van der Waals surface area (Å²) >= 11 is 2.19. The van der Waals surface area contributed by atoms with Crippen LogP contribution in [0.1, 0.15) is 12.8 Å². The monoisotopic (exact) mass is 294 g/mol. The van der Waals surface area contributed by atoms with Crippen molar-refractivity contribution in [3.05, 3.63) is 30.3 Å². The van der Waals surface area contributed by atoms with Gasteiger partial charge in [-0.3, -0.25) is 0 Å². The molecular formula is C15H26SSi2. The third-order valence-electron chi connectivity index (χ3n) is 4.70. The minimum Gasteiger partial charge on any atom is -0.126 e. The topological polar surface area (TPSA) is 0 Å². The minimum absolute atomic E-state index is 0.937. The molecule has 1 aromatic rings. The SMILES string of the molecule is C[Si](C)(C)[Si](C)(C)C(Sc1ccccc1)C1CC1. The molecular weight excluding hydrogens is 268 g/mol. The van der Waals surface area contributed by atoms with Gasteiger partial charge < -0.3 is 0 Å². The van der Waals surface area contributed by atoms with E-state index in [0.29, 0.717) is 0 Å². The van der Waals surface area contributed by atoms with Crippen molar-refractivity contribution < 1.29 is 0 Å². The van der Waals surface area contributed by atoms with E-state index in [2.05, 4.69) is 74.8 Å². The lowest BCUT2D eigenvalue weighted by Gasteiger charge is -2.42. The summed E-state index contributed by atoms with van der Waals surface area (Å²) in [6, 6.07) is 11.0. The van der Waals surface area contributed by atoms with Crippen LogP contribution in [0.15, 0.2) is 35.2 Å². The van der Waals surface area contributed by atoms with Crippen LogP contribution in [0, 0.1) is 5.92 Å². The number of benzene rings is 1. The first kappa shape index (κ1) is 14.4. The highest BCUT2D eigenvalue weighted by atomic mass is 32.2. The number of hydrogen-bond acceptors (Lipinski definition) is 1. The second-order valence-electron chi connectivity index (χ2n) is 7.16. The molecule has 1 saturated carbocycles. The summed E-state index contributed by atoms with van der Waals surface area (Å²) in [6.07, 6.45) is 2.96. The largest absolute Gasteiger partial charge is 0.126 e. The Balaban J connectivity index is 2.19. The second-order valence-corrected chi connectivity index (χ2v) is 25.7. The van der Waals surface area contributed by atoms with Crippen molar-refractivity contribution in [1.29, 1.82) is 0 Å². The lowest BCUT2D eigenvalue weighted by atomic mass is 10.4. The van der Waals surface area contributed by atoms with E-state index in [1.165, 1.54) is 17.7 Å². The summed E-state index contributed by atoms with van der Waals surface area (Å²) in [5.41, 5.74) is 0. The Morgan fingerprint density at radius 2 is 1.56 bits per heavy atom. The number of rotatable bonds is 5. The summed E-state index contributed by atoms with van der Waals surface area (Å²) < 4.78 is 0. The van der Waals surface area contributed by atoms with Crippen LogP contribution in [0.3, 0.4) is 0 Å². The zero-order chi connectivity index (χ0) is 13.4. The van der Waals surface area contributed by atoms with Crippen LogP contribution < -0.4 is 0 Å².